The standard InChI is InChI=1S/C22H23ClFN3O2/c1-4-19(26(6-3)20(28)5-2)21-25-18-10-8-7-9-15(18)22(29)27(21)14-11-12-17(24)16(23)13-14/h7-13,19H,4-6H2,1-3H3. The van der Waals surface area contributed by atoms with E-state index in [4.69, 9.17) is 16.6 Å². The van der Waals surface area contributed by atoms with Gasteiger partial charge in [-0.25, -0.2) is 9.37 Å². The lowest BCUT2D eigenvalue weighted by Crippen LogP contribution is -2.38. The summed E-state index contributed by atoms with van der Waals surface area (Å²) >= 11 is 5.99. The minimum Gasteiger partial charge on any atom is -0.333 e. The number of para-hydroxylation sites is 1. The molecule has 152 valence electrons. The quantitative estimate of drug-likeness (QED) is 0.576. The summed E-state index contributed by atoms with van der Waals surface area (Å²) in [6, 6.07) is 10.8. The van der Waals surface area contributed by atoms with E-state index < -0.39 is 11.9 Å². The molecule has 5 nitrogen and oxygen atoms in total. The van der Waals surface area contributed by atoms with Gasteiger partial charge in [-0.1, -0.05) is 37.6 Å². The van der Waals surface area contributed by atoms with Gasteiger partial charge in [0.25, 0.3) is 5.56 Å². The van der Waals surface area contributed by atoms with Crippen LogP contribution in [-0.4, -0.2) is 26.9 Å². The number of hydrogen-bond acceptors (Lipinski definition) is 3. The molecule has 0 N–H and O–H groups in total. The molecule has 1 heterocycles. The second-order valence-corrected chi connectivity index (χ2v) is 7.09. The third-order valence-corrected chi connectivity index (χ3v) is 5.28. The molecule has 0 aliphatic carbocycles. The number of hydrogen-bond donors (Lipinski definition) is 0. The van der Waals surface area contributed by atoms with E-state index in [9.17, 15) is 14.0 Å². The molecule has 0 radical (unpaired) electrons. The predicted molar refractivity (Wildman–Crippen MR) is 113 cm³/mol. The molecule has 0 bridgehead atoms. The van der Waals surface area contributed by atoms with Crippen molar-refractivity contribution < 1.29 is 9.18 Å². The van der Waals surface area contributed by atoms with Crippen molar-refractivity contribution in [1.29, 1.82) is 0 Å². The first-order valence-electron chi connectivity index (χ1n) is 9.69. The average Bonchev–Trinajstić information content (AvgIpc) is 2.73. The number of benzene rings is 2. The van der Waals surface area contributed by atoms with Crippen molar-refractivity contribution in [3.05, 3.63) is 69.5 Å². The Morgan fingerprint density at radius 2 is 1.93 bits per heavy atom. The minimum atomic E-state index is -0.567. The lowest BCUT2D eigenvalue weighted by molar-refractivity contribution is -0.133. The number of carbonyl (C=O) groups is 1. The van der Waals surface area contributed by atoms with Crippen LogP contribution in [-0.2, 0) is 4.79 Å². The lowest BCUT2D eigenvalue weighted by atomic mass is 10.1. The summed E-state index contributed by atoms with van der Waals surface area (Å²) in [7, 11) is 0. The molecule has 1 amide bonds. The maximum atomic E-state index is 13.7. The largest absolute Gasteiger partial charge is 0.333 e. The van der Waals surface area contributed by atoms with Gasteiger partial charge < -0.3 is 4.90 Å². The SMILES string of the molecule is CCC(=O)N(CC)C(CC)c1nc2ccccc2c(=O)n1-c1ccc(F)c(Cl)c1. The molecule has 1 unspecified atom stereocenters. The highest BCUT2D eigenvalue weighted by molar-refractivity contribution is 6.30. The van der Waals surface area contributed by atoms with Gasteiger partial charge in [-0.2, -0.15) is 0 Å². The van der Waals surface area contributed by atoms with E-state index in [0.717, 1.165) is 0 Å². The molecule has 0 spiro atoms. The normalized spacial score (nSPS) is 12.2. The van der Waals surface area contributed by atoms with Crippen LogP contribution < -0.4 is 5.56 Å². The molecule has 0 saturated carbocycles. The fraction of sp³-hybridized carbons (Fsp3) is 0.318. The molecular weight excluding hydrogens is 393 g/mol. The molecule has 0 saturated heterocycles. The van der Waals surface area contributed by atoms with Crippen LogP contribution in [0.1, 0.15) is 45.5 Å². The molecule has 29 heavy (non-hydrogen) atoms. The number of rotatable bonds is 6. The summed E-state index contributed by atoms with van der Waals surface area (Å²) < 4.78 is 15.2. The molecule has 3 rings (SSSR count). The van der Waals surface area contributed by atoms with Gasteiger partial charge in [0.2, 0.25) is 5.91 Å². The third-order valence-electron chi connectivity index (χ3n) is 4.99. The molecule has 3 aromatic rings. The van der Waals surface area contributed by atoms with Crippen LogP contribution in [0.4, 0.5) is 4.39 Å². The van der Waals surface area contributed by atoms with Crippen molar-refractivity contribution in [3.8, 4) is 5.69 Å². The molecule has 0 aliphatic rings. The second kappa shape index (κ2) is 8.74. The van der Waals surface area contributed by atoms with Crippen LogP contribution >= 0.6 is 11.6 Å². The number of aromatic nitrogens is 2. The van der Waals surface area contributed by atoms with E-state index >= 15 is 0 Å². The lowest BCUT2D eigenvalue weighted by Gasteiger charge is -2.31. The Bertz CT molecular complexity index is 1110. The molecule has 0 aliphatic heterocycles. The molecular formula is C22H23ClFN3O2. The number of carbonyl (C=O) groups excluding carboxylic acids is 1. The maximum absolute atomic E-state index is 13.7. The van der Waals surface area contributed by atoms with Crippen LogP contribution in [0.3, 0.4) is 0 Å². The fourth-order valence-electron chi connectivity index (χ4n) is 3.56. The monoisotopic (exact) mass is 415 g/mol. The van der Waals surface area contributed by atoms with Crippen LogP contribution in [0.5, 0.6) is 0 Å². The van der Waals surface area contributed by atoms with Gasteiger partial charge >= 0.3 is 0 Å². The van der Waals surface area contributed by atoms with Crippen molar-refractivity contribution in [2.24, 2.45) is 0 Å². The number of nitrogens with zero attached hydrogens (tertiary/aromatic N) is 3. The first-order chi connectivity index (χ1) is 13.9. The Morgan fingerprint density at radius 1 is 1.21 bits per heavy atom. The average molecular weight is 416 g/mol. The highest BCUT2D eigenvalue weighted by atomic mass is 35.5. The van der Waals surface area contributed by atoms with Crippen LogP contribution in [0, 0.1) is 5.82 Å². The molecule has 7 heteroatoms. The number of fused-ring (bicyclic) bond motifs is 1. The summed E-state index contributed by atoms with van der Waals surface area (Å²) in [6.07, 6.45) is 0.920. The van der Waals surface area contributed by atoms with Crippen molar-refractivity contribution >= 4 is 28.4 Å². The molecule has 1 atom stereocenters. The highest BCUT2D eigenvalue weighted by Crippen LogP contribution is 2.27. The first-order valence-corrected chi connectivity index (χ1v) is 10.1. The summed E-state index contributed by atoms with van der Waals surface area (Å²) in [5, 5.41) is 0.356. The molecule has 2 aromatic carbocycles. The Labute approximate surface area is 173 Å². The topological polar surface area (TPSA) is 55.2 Å². The maximum Gasteiger partial charge on any atom is 0.266 e. The van der Waals surface area contributed by atoms with Gasteiger partial charge in [0.1, 0.15) is 11.6 Å². The Kier molecular flexibility index (Phi) is 6.33. The van der Waals surface area contributed by atoms with Gasteiger partial charge in [0, 0.05) is 13.0 Å². The van der Waals surface area contributed by atoms with Gasteiger partial charge in [0.15, 0.2) is 0 Å². The van der Waals surface area contributed by atoms with Gasteiger partial charge in [-0.15, -0.1) is 0 Å². The number of amides is 1. The zero-order chi connectivity index (χ0) is 21.1. The van der Waals surface area contributed by atoms with E-state index in [2.05, 4.69) is 0 Å². The Morgan fingerprint density at radius 3 is 2.55 bits per heavy atom. The highest BCUT2D eigenvalue weighted by Gasteiger charge is 2.27. The van der Waals surface area contributed by atoms with Crippen molar-refractivity contribution in [2.75, 3.05) is 6.54 Å². The van der Waals surface area contributed by atoms with Crippen molar-refractivity contribution in [3.63, 3.8) is 0 Å². The van der Waals surface area contributed by atoms with Crippen molar-refractivity contribution in [1.82, 2.24) is 14.5 Å². The zero-order valence-corrected chi connectivity index (χ0v) is 17.4. The summed E-state index contributed by atoms with van der Waals surface area (Å²) in [5.74, 6) is -0.157. The Balaban J connectivity index is 2.36. The fourth-order valence-corrected chi connectivity index (χ4v) is 3.74. The predicted octanol–water partition coefficient (Wildman–Crippen LogP) is 4.89. The summed E-state index contributed by atoms with van der Waals surface area (Å²) in [5.41, 5.74) is 0.676. The van der Waals surface area contributed by atoms with Crippen LogP contribution in [0.15, 0.2) is 47.3 Å². The van der Waals surface area contributed by atoms with E-state index in [1.807, 2.05) is 19.9 Å². The first kappa shape index (κ1) is 21.0. The van der Waals surface area contributed by atoms with Gasteiger partial charge in [-0.3, -0.25) is 14.2 Å². The summed E-state index contributed by atoms with van der Waals surface area (Å²) in [4.78, 5) is 32.4. The van der Waals surface area contributed by atoms with Crippen LogP contribution in [0.25, 0.3) is 16.6 Å². The summed E-state index contributed by atoms with van der Waals surface area (Å²) in [6.45, 7) is 6.13. The third kappa shape index (κ3) is 3.90. The molecule has 1 aromatic heterocycles. The molecule has 0 fully saturated rings. The van der Waals surface area contributed by atoms with Gasteiger partial charge in [-0.05, 0) is 43.7 Å². The van der Waals surface area contributed by atoms with Gasteiger partial charge in [0.05, 0.1) is 27.7 Å². The van der Waals surface area contributed by atoms with E-state index in [-0.39, 0.29) is 16.5 Å². The minimum absolute atomic E-state index is 0.0227. The smallest absolute Gasteiger partial charge is 0.266 e. The Hall–Kier alpha value is -2.73. The van der Waals surface area contributed by atoms with Crippen molar-refractivity contribution in [2.45, 2.75) is 39.7 Å². The number of halogens is 2. The van der Waals surface area contributed by atoms with E-state index in [1.54, 1.807) is 30.0 Å². The van der Waals surface area contributed by atoms with E-state index in [1.165, 1.54) is 22.8 Å². The zero-order valence-electron chi connectivity index (χ0n) is 16.7. The second-order valence-electron chi connectivity index (χ2n) is 6.68. The van der Waals surface area contributed by atoms with Crippen LogP contribution in [0.2, 0.25) is 5.02 Å². The van der Waals surface area contributed by atoms with E-state index in [0.29, 0.717) is 41.8 Å².